The Morgan fingerprint density at radius 3 is 2.71 bits per heavy atom. The van der Waals surface area contributed by atoms with Crippen molar-refractivity contribution >= 4 is 12.0 Å². The van der Waals surface area contributed by atoms with E-state index in [1.54, 1.807) is 0 Å². The molecule has 0 radical (unpaired) electrons. The fraction of sp³-hybridized carbons (Fsp3) is 0.818. The fourth-order valence-corrected chi connectivity index (χ4v) is 1.83. The highest BCUT2D eigenvalue weighted by molar-refractivity contribution is 5.82. The molecule has 6 nitrogen and oxygen atoms in total. The number of urea groups is 1. The van der Waals surface area contributed by atoms with Crippen molar-refractivity contribution in [3.63, 3.8) is 0 Å². The van der Waals surface area contributed by atoms with Crippen LogP contribution in [0.15, 0.2) is 0 Å². The molecule has 0 aromatic carbocycles. The van der Waals surface area contributed by atoms with Crippen LogP contribution in [0.3, 0.4) is 0 Å². The quantitative estimate of drug-likeness (QED) is 0.653. The van der Waals surface area contributed by atoms with Crippen molar-refractivity contribution in [1.82, 2.24) is 10.2 Å². The second-order valence-electron chi connectivity index (χ2n) is 4.37. The van der Waals surface area contributed by atoms with Crippen molar-refractivity contribution in [2.75, 3.05) is 13.1 Å². The molecule has 1 rings (SSSR count). The van der Waals surface area contributed by atoms with Crippen LogP contribution < -0.4 is 5.32 Å². The molecular formula is C11H20N2O4. The molecule has 1 heterocycles. The van der Waals surface area contributed by atoms with Crippen molar-refractivity contribution in [2.24, 2.45) is 0 Å². The second-order valence-corrected chi connectivity index (χ2v) is 4.37. The number of β-amino-alcohol motifs (C(OH)–C–C–N with tert-alkyl or cyclic N) is 1. The largest absolute Gasteiger partial charge is 0.480 e. The lowest BCUT2D eigenvalue weighted by molar-refractivity contribution is -0.139. The summed E-state index contributed by atoms with van der Waals surface area (Å²) in [6.45, 7) is 2.73. The third kappa shape index (κ3) is 4.22. The number of carbonyl (C=O) groups excluding carboxylic acids is 1. The number of amides is 2. The number of unbranched alkanes of at least 4 members (excludes halogenated alkanes) is 1. The van der Waals surface area contributed by atoms with Crippen molar-refractivity contribution in [2.45, 2.75) is 44.8 Å². The van der Waals surface area contributed by atoms with Gasteiger partial charge in [0.1, 0.15) is 6.04 Å². The zero-order valence-electron chi connectivity index (χ0n) is 10.1. The molecule has 3 N–H and O–H groups in total. The molecule has 6 heteroatoms. The Bertz CT molecular complexity index is 283. The van der Waals surface area contributed by atoms with Gasteiger partial charge >= 0.3 is 12.0 Å². The number of carboxylic acid groups (broad SMARTS) is 1. The topological polar surface area (TPSA) is 89.9 Å². The summed E-state index contributed by atoms with van der Waals surface area (Å²) in [7, 11) is 0. The van der Waals surface area contributed by atoms with Crippen LogP contribution in [0.2, 0.25) is 0 Å². The Morgan fingerprint density at radius 1 is 1.53 bits per heavy atom. The SMILES string of the molecule is CCCC[C@H](NC(=O)N1CCC(O)C1)C(=O)O. The highest BCUT2D eigenvalue weighted by atomic mass is 16.4. The van der Waals surface area contributed by atoms with E-state index in [-0.39, 0.29) is 6.54 Å². The summed E-state index contributed by atoms with van der Waals surface area (Å²) < 4.78 is 0. The van der Waals surface area contributed by atoms with E-state index in [2.05, 4.69) is 5.32 Å². The first-order chi connectivity index (χ1) is 8.04. The lowest BCUT2D eigenvalue weighted by Crippen LogP contribution is -2.47. The Labute approximate surface area is 101 Å². The summed E-state index contributed by atoms with van der Waals surface area (Å²) in [6, 6.07) is -1.23. The summed E-state index contributed by atoms with van der Waals surface area (Å²) >= 11 is 0. The summed E-state index contributed by atoms with van der Waals surface area (Å²) in [5, 5.41) is 20.7. The Morgan fingerprint density at radius 2 is 2.24 bits per heavy atom. The molecule has 1 aliphatic rings. The molecule has 0 aromatic heterocycles. The number of carboxylic acids is 1. The molecule has 2 amide bonds. The van der Waals surface area contributed by atoms with E-state index < -0.39 is 24.1 Å². The van der Waals surface area contributed by atoms with E-state index in [0.29, 0.717) is 19.4 Å². The molecule has 17 heavy (non-hydrogen) atoms. The number of hydrogen-bond acceptors (Lipinski definition) is 3. The molecule has 0 aromatic rings. The zero-order chi connectivity index (χ0) is 12.8. The highest BCUT2D eigenvalue weighted by Gasteiger charge is 2.27. The predicted octanol–water partition coefficient (Wildman–Crippen LogP) is 0.406. The Kier molecular flexibility index (Phi) is 5.21. The zero-order valence-corrected chi connectivity index (χ0v) is 10.1. The van der Waals surface area contributed by atoms with Gasteiger partial charge in [-0.3, -0.25) is 0 Å². The lowest BCUT2D eigenvalue weighted by atomic mass is 10.1. The number of aliphatic carboxylic acids is 1. The minimum Gasteiger partial charge on any atom is -0.480 e. The van der Waals surface area contributed by atoms with E-state index >= 15 is 0 Å². The normalized spacial score (nSPS) is 21.3. The number of carbonyl (C=O) groups is 2. The third-order valence-corrected chi connectivity index (χ3v) is 2.89. The average Bonchev–Trinajstić information content (AvgIpc) is 2.70. The van der Waals surface area contributed by atoms with Gasteiger partial charge in [0.15, 0.2) is 0 Å². The van der Waals surface area contributed by atoms with Crippen LogP contribution in [0.4, 0.5) is 4.79 Å². The molecular weight excluding hydrogens is 224 g/mol. The van der Waals surface area contributed by atoms with Gasteiger partial charge < -0.3 is 20.4 Å². The van der Waals surface area contributed by atoms with Gasteiger partial charge in [-0.15, -0.1) is 0 Å². The number of hydrogen-bond donors (Lipinski definition) is 3. The molecule has 0 bridgehead atoms. The van der Waals surface area contributed by atoms with Crippen LogP contribution in [0.5, 0.6) is 0 Å². The Hall–Kier alpha value is -1.30. The van der Waals surface area contributed by atoms with E-state index in [4.69, 9.17) is 5.11 Å². The van der Waals surface area contributed by atoms with Crippen LogP contribution in [0, 0.1) is 0 Å². The van der Waals surface area contributed by atoms with E-state index in [0.717, 1.165) is 12.8 Å². The number of aliphatic hydroxyl groups excluding tert-OH is 1. The molecule has 2 atom stereocenters. The molecule has 0 aliphatic carbocycles. The fourth-order valence-electron chi connectivity index (χ4n) is 1.83. The van der Waals surface area contributed by atoms with E-state index in [1.807, 2.05) is 6.92 Å². The lowest BCUT2D eigenvalue weighted by Gasteiger charge is -2.20. The van der Waals surface area contributed by atoms with Gasteiger partial charge in [0.2, 0.25) is 0 Å². The van der Waals surface area contributed by atoms with E-state index in [9.17, 15) is 14.7 Å². The maximum absolute atomic E-state index is 11.7. The molecule has 0 saturated carbocycles. The summed E-state index contributed by atoms with van der Waals surface area (Å²) in [5.74, 6) is -1.01. The number of rotatable bonds is 5. The molecule has 1 saturated heterocycles. The van der Waals surface area contributed by atoms with Gasteiger partial charge in [0.05, 0.1) is 6.10 Å². The van der Waals surface area contributed by atoms with Gasteiger partial charge in [-0.2, -0.15) is 0 Å². The minimum atomic E-state index is -1.01. The van der Waals surface area contributed by atoms with Gasteiger partial charge in [0.25, 0.3) is 0 Å². The van der Waals surface area contributed by atoms with Crippen LogP contribution in [0.25, 0.3) is 0 Å². The van der Waals surface area contributed by atoms with Gasteiger partial charge in [-0.1, -0.05) is 19.8 Å². The van der Waals surface area contributed by atoms with Crippen molar-refractivity contribution in [1.29, 1.82) is 0 Å². The Balaban J connectivity index is 2.43. The van der Waals surface area contributed by atoms with E-state index in [1.165, 1.54) is 4.90 Å². The van der Waals surface area contributed by atoms with Crippen LogP contribution in [-0.2, 0) is 4.79 Å². The van der Waals surface area contributed by atoms with Crippen molar-refractivity contribution in [3.05, 3.63) is 0 Å². The maximum atomic E-state index is 11.7. The standard InChI is InChI=1S/C11H20N2O4/c1-2-3-4-9(10(15)16)12-11(17)13-6-5-8(14)7-13/h8-9,14H,2-7H2,1H3,(H,12,17)(H,15,16)/t8?,9-/m0/s1. The number of aliphatic hydroxyl groups is 1. The monoisotopic (exact) mass is 244 g/mol. The molecule has 1 fully saturated rings. The number of nitrogens with one attached hydrogen (secondary N) is 1. The first-order valence-corrected chi connectivity index (χ1v) is 6.01. The number of likely N-dealkylation sites (tertiary alicyclic amines) is 1. The molecule has 0 spiro atoms. The predicted molar refractivity (Wildman–Crippen MR) is 61.7 cm³/mol. The maximum Gasteiger partial charge on any atom is 0.326 e. The van der Waals surface area contributed by atoms with Crippen LogP contribution >= 0.6 is 0 Å². The van der Waals surface area contributed by atoms with Crippen molar-refractivity contribution < 1.29 is 19.8 Å². The minimum absolute atomic E-state index is 0.284. The molecule has 98 valence electrons. The summed E-state index contributed by atoms with van der Waals surface area (Å²) in [4.78, 5) is 24.1. The van der Waals surface area contributed by atoms with Crippen molar-refractivity contribution in [3.8, 4) is 0 Å². The summed E-state index contributed by atoms with van der Waals surface area (Å²) in [6.07, 6.45) is 2.16. The summed E-state index contributed by atoms with van der Waals surface area (Å²) in [5.41, 5.74) is 0. The van der Waals surface area contributed by atoms with Gasteiger partial charge in [-0.05, 0) is 12.8 Å². The highest BCUT2D eigenvalue weighted by Crippen LogP contribution is 2.09. The van der Waals surface area contributed by atoms with Gasteiger partial charge in [0, 0.05) is 13.1 Å². The number of nitrogens with zero attached hydrogens (tertiary/aromatic N) is 1. The first kappa shape index (κ1) is 13.8. The average molecular weight is 244 g/mol. The van der Waals surface area contributed by atoms with Gasteiger partial charge in [-0.25, -0.2) is 9.59 Å². The smallest absolute Gasteiger partial charge is 0.326 e. The molecule has 1 aliphatic heterocycles. The first-order valence-electron chi connectivity index (χ1n) is 6.01. The molecule has 1 unspecified atom stereocenters. The van der Waals surface area contributed by atoms with Crippen LogP contribution in [0.1, 0.15) is 32.6 Å². The third-order valence-electron chi connectivity index (χ3n) is 2.89. The second kappa shape index (κ2) is 6.44. The van der Waals surface area contributed by atoms with Crippen LogP contribution in [-0.4, -0.2) is 52.3 Å².